The lowest BCUT2D eigenvalue weighted by atomic mass is 9.79. The molecule has 0 fully saturated rings. The van der Waals surface area contributed by atoms with E-state index in [2.05, 4.69) is 0 Å². The maximum absolute atomic E-state index is 11.9. The molecule has 0 aliphatic carbocycles. The largest absolute Gasteiger partial charge is 0.457 e. The van der Waals surface area contributed by atoms with Crippen molar-refractivity contribution in [2.45, 2.75) is 24.0 Å². The van der Waals surface area contributed by atoms with Crippen LogP contribution in [0.15, 0.2) is 42.5 Å². The van der Waals surface area contributed by atoms with Crippen LogP contribution in [0.25, 0.3) is 0 Å². The highest BCUT2D eigenvalue weighted by Crippen LogP contribution is 2.49. The highest BCUT2D eigenvalue weighted by Gasteiger charge is 2.43. The second kappa shape index (κ2) is 6.86. The number of benzene rings is 2. The SMILES string of the molecule is CC([C@H]1c2ccccc2Oc2ccc(Cl)cc2[C@@H]1C[N+](=O)[O-])S(=O)(=O)O. The molecule has 1 aliphatic rings. The molecule has 1 unspecified atom stereocenters. The standard InChI is InChI=1S/C17H16ClNO6S/c1-10(26(22,23)24)17-12-4-2-3-5-15(12)25-16-7-6-11(18)8-13(16)14(17)9-19(20)21/h2-8,10,14,17H,9H2,1H3,(H,22,23,24)/t10?,14-,17-/m0/s1. The van der Waals surface area contributed by atoms with Gasteiger partial charge in [-0.05, 0) is 31.2 Å². The summed E-state index contributed by atoms with van der Waals surface area (Å²) in [6.07, 6.45) is 0. The third-order valence-corrected chi connectivity index (χ3v) is 6.09. The van der Waals surface area contributed by atoms with Crippen molar-refractivity contribution in [3.05, 3.63) is 68.7 Å². The molecular weight excluding hydrogens is 382 g/mol. The van der Waals surface area contributed by atoms with Gasteiger partial charge in [-0.2, -0.15) is 8.42 Å². The third-order valence-electron chi connectivity index (χ3n) is 4.62. The highest BCUT2D eigenvalue weighted by molar-refractivity contribution is 7.86. The van der Waals surface area contributed by atoms with Crippen LogP contribution in [0.2, 0.25) is 5.02 Å². The van der Waals surface area contributed by atoms with E-state index < -0.39 is 38.7 Å². The van der Waals surface area contributed by atoms with Gasteiger partial charge in [-0.1, -0.05) is 29.8 Å². The Labute approximate surface area is 155 Å². The second-order valence-electron chi connectivity index (χ2n) is 6.19. The Morgan fingerprint density at radius 3 is 2.54 bits per heavy atom. The molecule has 0 saturated heterocycles. The second-order valence-corrected chi connectivity index (χ2v) is 8.40. The molecule has 0 bridgehead atoms. The average molecular weight is 398 g/mol. The summed E-state index contributed by atoms with van der Waals surface area (Å²) >= 11 is 6.07. The lowest BCUT2D eigenvalue weighted by Crippen LogP contribution is -2.32. The molecule has 9 heteroatoms. The minimum absolute atomic E-state index is 0.352. The van der Waals surface area contributed by atoms with E-state index in [0.29, 0.717) is 27.6 Å². The van der Waals surface area contributed by atoms with Crippen molar-refractivity contribution >= 4 is 21.7 Å². The van der Waals surface area contributed by atoms with E-state index in [1.807, 2.05) is 0 Å². The van der Waals surface area contributed by atoms with E-state index in [0.717, 1.165) is 0 Å². The lowest BCUT2D eigenvalue weighted by Gasteiger charge is -2.27. The van der Waals surface area contributed by atoms with Crippen LogP contribution >= 0.6 is 11.6 Å². The van der Waals surface area contributed by atoms with Crippen LogP contribution < -0.4 is 4.74 Å². The minimum atomic E-state index is -4.45. The van der Waals surface area contributed by atoms with E-state index in [1.165, 1.54) is 6.92 Å². The average Bonchev–Trinajstić information content (AvgIpc) is 2.67. The number of ether oxygens (including phenoxy) is 1. The Balaban J connectivity index is 2.30. The van der Waals surface area contributed by atoms with E-state index >= 15 is 0 Å². The van der Waals surface area contributed by atoms with Gasteiger partial charge in [0, 0.05) is 27.0 Å². The zero-order valence-electron chi connectivity index (χ0n) is 13.7. The van der Waals surface area contributed by atoms with Gasteiger partial charge in [0.25, 0.3) is 10.1 Å². The first kappa shape index (κ1) is 18.6. The maximum atomic E-state index is 11.9. The molecule has 1 aliphatic heterocycles. The predicted octanol–water partition coefficient (Wildman–Crippen LogP) is 3.87. The molecule has 1 N–H and O–H groups in total. The van der Waals surface area contributed by atoms with Crippen molar-refractivity contribution < 1.29 is 22.6 Å². The van der Waals surface area contributed by atoms with E-state index in [9.17, 15) is 23.1 Å². The molecule has 138 valence electrons. The van der Waals surface area contributed by atoms with Crippen molar-refractivity contribution in [2.75, 3.05) is 6.54 Å². The van der Waals surface area contributed by atoms with Crippen molar-refractivity contribution in [2.24, 2.45) is 0 Å². The smallest absolute Gasteiger partial charge is 0.268 e. The third kappa shape index (κ3) is 3.53. The zero-order chi connectivity index (χ0) is 19.1. The molecule has 0 radical (unpaired) electrons. The van der Waals surface area contributed by atoms with Crippen molar-refractivity contribution in [1.29, 1.82) is 0 Å². The fraction of sp³-hybridized carbons (Fsp3) is 0.294. The molecule has 0 aromatic heterocycles. The summed E-state index contributed by atoms with van der Waals surface area (Å²) in [5.74, 6) is -0.966. The molecule has 7 nitrogen and oxygen atoms in total. The fourth-order valence-corrected chi connectivity index (χ4v) is 4.30. The van der Waals surface area contributed by atoms with Crippen LogP contribution in [0.3, 0.4) is 0 Å². The summed E-state index contributed by atoms with van der Waals surface area (Å²) in [7, 11) is -4.45. The molecule has 2 aromatic carbocycles. The molecule has 26 heavy (non-hydrogen) atoms. The molecule has 0 saturated carbocycles. The first-order valence-electron chi connectivity index (χ1n) is 7.83. The number of para-hydroxylation sites is 1. The number of fused-ring (bicyclic) bond motifs is 2. The van der Waals surface area contributed by atoms with Crippen LogP contribution in [0, 0.1) is 10.1 Å². The number of nitro groups is 1. The van der Waals surface area contributed by atoms with Gasteiger partial charge in [-0.3, -0.25) is 14.7 Å². The molecule has 3 rings (SSSR count). The predicted molar refractivity (Wildman–Crippen MR) is 96.3 cm³/mol. The Kier molecular flexibility index (Phi) is 4.92. The van der Waals surface area contributed by atoms with E-state index in [1.54, 1.807) is 42.5 Å². The Morgan fingerprint density at radius 2 is 1.88 bits per heavy atom. The van der Waals surface area contributed by atoms with Gasteiger partial charge in [-0.25, -0.2) is 0 Å². The summed E-state index contributed by atoms with van der Waals surface area (Å²) in [5.41, 5.74) is 0.919. The zero-order valence-corrected chi connectivity index (χ0v) is 15.3. The minimum Gasteiger partial charge on any atom is -0.457 e. The quantitative estimate of drug-likeness (QED) is 0.476. The van der Waals surface area contributed by atoms with Crippen molar-refractivity contribution in [3.8, 4) is 11.5 Å². The number of rotatable bonds is 4. The fourth-order valence-electron chi connectivity index (χ4n) is 3.42. The van der Waals surface area contributed by atoms with E-state index in [4.69, 9.17) is 16.3 Å². The van der Waals surface area contributed by atoms with Crippen molar-refractivity contribution in [1.82, 2.24) is 0 Å². The van der Waals surface area contributed by atoms with Gasteiger partial charge in [-0.15, -0.1) is 0 Å². The summed E-state index contributed by atoms with van der Waals surface area (Å²) in [4.78, 5) is 10.8. The Hall–Kier alpha value is -2.16. The van der Waals surface area contributed by atoms with Gasteiger partial charge >= 0.3 is 0 Å². The van der Waals surface area contributed by atoms with Crippen LogP contribution in [0.1, 0.15) is 29.9 Å². The number of hydrogen-bond acceptors (Lipinski definition) is 5. The topological polar surface area (TPSA) is 107 Å². The summed E-state index contributed by atoms with van der Waals surface area (Å²) in [6.45, 7) is 0.800. The summed E-state index contributed by atoms with van der Waals surface area (Å²) in [5, 5.41) is 10.4. The first-order chi connectivity index (χ1) is 12.2. The molecular formula is C17H16ClNO6S. The Morgan fingerprint density at radius 1 is 1.23 bits per heavy atom. The number of hydrogen-bond donors (Lipinski definition) is 1. The summed E-state index contributed by atoms with van der Waals surface area (Å²) in [6, 6.07) is 11.5. The molecule has 0 amide bonds. The lowest BCUT2D eigenvalue weighted by molar-refractivity contribution is -0.484. The monoisotopic (exact) mass is 397 g/mol. The van der Waals surface area contributed by atoms with E-state index in [-0.39, 0.29) is 0 Å². The molecule has 1 heterocycles. The van der Waals surface area contributed by atoms with Gasteiger partial charge in [0.15, 0.2) is 0 Å². The molecule has 0 spiro atoms. The van der Waals surface area contributed by atoms with Crippen LogP contribution in [0.4, 0.5) is 0 Å². The number of nitrogens with zero attached hydrogens (tertiary/aromatic N) is 1. The van der Waals surface area contributed by atoms with Crippen LogP contribution in [-0.2, 0) is 10.1 Å². The van der Waals surface area contributed by atoms with Gasteiger partial charge in [0.05, 0.1) is 11.2 Å². The molecule has 3 atom stereocenters. The normalized spacial score (nSPS) is 20.3. The first-order valence-corrected chi connectivity index (χ1v) is 9.71. The highest BCUT2D eigenvalue weighted by atomic mass is 35.5. The number of halogens is 1. The van der Waals surface area contributed by atoms with Crippen LogP contribution in [0.5, 0.6) is 11.5 Å². The molecule has 2 aromatic rings. The maximum Gasteiger partial charge on any atom is 0.268 e. The van der Waals surface area contributed by atoms with Gasteiger partial charge in [0.2, 0.25) is 6.54 Å². The van der Waals surface area contributed by atoms with Gasteiger partial charge in [0.1, 0.15) is 11.5 Å². The van der Waals surface area contributed by atoms with Crippen molar-refractivity contribution in [3.63, 3.8) is 0 Å². The summed E-state index contributed by atoms with van der Waals surface area (Å²) < 4.78 is 39.3. The van der Waals surface area contributed by atoms with Crippen LogP contribution in [-0.4, -0.2) is 29.7 Å². The van der Waals surface area contributed by atoms with Gasteiger partial charge < -0.3 is 4.74 Å². The Bertz CT molecular complexity index is 961.